The first-order valence-corrected chi connectivity index (χ1v) is 5.63. The molecule has 0 amide bonds. The van der Waals surface area contributed by atoms with Crippen molar-refractivity contribution in [1.82, 2.24) is 0 Å². The first-order valence-electron chi connectivity index (χ1n) is 5.63. The predicted octanol–water partition coefficient (Wildman–Crippen LogP) is 2.71. The van der Waals surface area contributed by atoms with Gasteiger partial charge in [0.15, 0.2) is 0 Å². The normalized spacial score (nSPS) is 15.7. The van der Waals surface area contributed by atoms with E-state index in [0.717, 1.165) is 32.3 Å². The SMILES string of the molecule is CCCCOC(CC)C(N)CCC. The van der Waals surface area contributed by atoms with Crippen LogP contribution < -0.4 is 5.73 Å². The third-order valence-corrected chi connectivity index (χ3v) is 2.33. The number of rotatable bonds is 8. The van der Waals surface area contributed by atoms with Crippen molar-refractivity contribution in [2.24, 2.45) is 5.73 Å². The molecule has 0 aliphatic carbocycles. The zero-order valence-corrected chi connectivity index (χ0v) is 9.38. The van der Waals surface area contributed by atoms with Gasteiger partial charge in [0.25, 0.3) is 0 Å². The number of hydrogen-bond acceptors (Lipinski definition) is 2. The van der Waals surface area contributed by atoms with E-state index < -0.39 is 0 Å². The zero-order chi connectivity index (χ0) is 10.1. The maximum absolute atomic E-state index is 6.00. The van der Waals surface area contributed by atoms with Crippen LogP contribution in [0.4, 0.5) is 0 Å². The van der Waals surface area contributed by atoms with Gasteiger partial charge in [-0.25, -0.2) is 0 Å². The Morgan fingerprint density at radius 3 is 2.31 bits per heavy atom. The van der Waals surface area contributed by atoms with Crippen LogP contribution >= 0.6 is 0 Å². The molecule has 0 rings (SSSR count). The Bertz CT molecular complexity index is 106. The molecule has 0 aromatic heterocycles. The topological polar surface area (TPSA) is 35.2 Å². The Morgan fingerprint density at radius 2 is 1.85 bits per heavy atom. The highest BCUT2D eigenvalue weighted by Gasteiger charge is 2.14. The summed E-state index contributed by atoms with van der Waals surface area (Å²) in [5.41, 5.74) is 6.00. The molecule has 0 aromatic carbocycles. The van der Waals surface area contributed by atoms with Crippen LogP contribution in [-0.4, -0.2) is 18.8 Å². The largest absolute Gasteiger partial charge is 0.377 e. The summed E-state index contributed by atoms with van der Waals surface area (Å²) in [6.07, 6.45) is 5.87. The molecule has 2 N–H and O–H groups in total. The lowest BCUT2D eigenvalue weighted by Crippen LogP contribution is -2.36. The molecule has 0 saturated carbocycles. The van der Waals surface area contributed by atoms with Gasteiger partial charge in [-0.3, -0.25) is 0 Å². The van der Waals surface area contributed by atoms with Crippen molar-refractivity contribution in [2.45, 2.75) is 65.0 Å². The molecule has 2 nitrogen and oxygen atoms in total. The minimum Gasteiger partial charge on any atom is -0.377 e. The van der Waals surface area contributed by atoms with Gasteiger partial charge in [-0.2, -0.15) is 0 Å². The number of hydrogen-bond donors (Lipinski definition) is 1. The van der Waals surface area contributed by atoms with E-state index in [1.165, 1.54) is 6.42 Å². The van der Waals surface area contributed by atoms with E-state index in [1.54, 1.807) is 0 Å². The summed E-state index contributed by atoms with van der Waals surface area (Å²) in [5.74, 6) is 0. The van der Waals surface area contributed by atoms with Crippen molar-refractivity contribution < 1.29 is 4.74 Å². The van der Waals surface area contributed by atoms with Crippen molar-refractivity contribution in [3.8, 4) is 0 Å². The van der Waals surface area contributed by atoms with Gasteiger partial charge in [0, 0.05) is 12.6 Å². The lowest BCUT2D eigenvalue weighted by Gasteiger charge is -2.22. The molecule has 0 aliphatic rings. The van der Waals surface area contributed by atoms with E-state index in [2.05, 4.69) is 20.8 Å². The molecule has 0 radical (unpaired) electrons. The van der Waals surface area contributed by atoms with Gasteiger partial charge < -0.3 is 10.5 Å². The first-order chi connectivity index (χ1) is 6.26. The minimum atomic E-state index is 0.229. The monoisotopic (exact) mass is 187 g/mol. The van der Waals surface area contributed by atoms with Crippen LogP contribution in [0, 0.1) is 0 Å². The smallest absolute Gasteiger partial charge is 0.0723 e. The number of nitrogens with two attached hydrogens (primary N) is 1. The average molecular weight is 187 g/mol. The summed E-state index contributed by atoms with van der Waals surface area (Å²) in [7, 11) is 0. The highest BCUT2D eigenvalue weighted by Crippen LogP contribution is 2.08. The molecule has 2 unspecified atom stereocenters. The molecular weight excluding hydrogens is 162 g/mol. The summed E-state index contributed by atoms with van der Waals surface area (Å²) in [5, 5.41) is 0. The van der Waals surface area contributed by atoms with E-state index in [0.29, 0.717) is 0 Å². The summed E-state index contributed by atoms with van der Waals surface area (Å²) >= 11 is 0. The number of unbranched alkanes of at least 4 members (excludes halogenated alkanes) is 1. The van der Waals surface area contributed by atoms with Crippen LogP contribution in [0.15, 0.2) is 0 Å². The molecule has 0 saturated heterocycles. The Balaban J connectivity index is 3.60. The second-order valence-corrected chi connectivity index (χ2v) is 3.62. The van der Waals surface area contributed by atoms with Gasteiger partial charge in [-0.05, 0) is 19.3 Å². The van der Waals surface area contributed by atoms with Crippen LogP contribution in [0.25, 0.3) is 0 Å². The quantitative estimate of drug-likeness (QED) is 0.593. The van der Waals surface area contributed by atoms with Gasteiger partial charge in [0.05, 0.1) is 6.10 Å². The molecule has 2 heteroatoms. The molecular formula is C11H25NO. The van der Waals surface area contributed by atoms with Gasteiger partial charge >= 0.3 is 0 Å². The summed E-state index contributed by atoms with van der Waals surface area (Å²) in [4.78, 5) is 0. The van der Waals surface area contributed by atoms with Crippen LogP contribution in [-0.2, 0) is 4.74 Å². The summed E-state index contributed by atoms with van der Waals surface area (Å²) in [6, 6.07) is 0.229. The lowest BCUT2D eigenvalue weighted by molar-refractivity contribution is 0.0294. The molecule has 0 bridgehead atoms. The maximum atomic E-state index is 6.00. The third kappa shape index (κ3) is 6.05. The molecule has 0 aromatic rings. The average Bonchev–Trinajstić information content (AvgIpc) is 2.13. The Morgan fingerprint density at radius 1 is 1.15 bits per heavy atom. The van der Waals surface area contributed by atoms with E-state index >= 15 is 0 Å². The number of ether oxygens (including phenoxy) is 1. The van der Waals surface area contributed by atoms with Crippen LogP contribution in [0.3, 0.4) is 0 Å². The minimum absolute atomic E-state index is 0.229. The fraction of sp³-hybridized carbons (Fsp3) is 1.00. The summed E-state index contributed by atoms with van der Waals surface area (Å²) in [6.45, 7) is 7.35. The van der Waals surface area contributed by atoms with Crippen molar-refractivity contribution in [1.29, 1.82) is 0 Å². The van der Waals surface area contributed by atoms with Gasteiger partial charge in [0.1, 0.15) is 0 Å². The van der Waals surface area contributed by atoms with E-state index in [-0.39, 0.29) is 12.1 Å². The molecule has 0 aliphatic heterocycles. The second kappa shape index (κ2) is 8.52. The van der Waals surface area contributed by atoms with Crippen LogP contribution in [0.5, 0.6) is 0 Å². The second-order valence-electron chi connectivity index (χ2n) is 3.62. The van der Waals surface area contributed by atoms with E-state index in [1.807, 2.05) is 0 Å². The first kappa shape index (κ1) is 12.9. The zero-order valence-electron chi connectivity index (χ0n) is 9.38. The lowest BCUT2D eigenvalue weighted by atomic mass is 10.0. The fourth-order valence-electron chi connectivity index (χ4n) is 1.44. The predicted molar refractivity (Wildman–Crippen MR) is 57.8 cm³/mol. The maximum Gasteiger partial charge on any atom is 0.0723 e. The molecule has 13 heavy (non-hydrogen) atoms. The highest BCUT2D eigenvalue weighted by molar-refractivity contribution is 4.71. The molecule has 0 spiro atoms. The van der Waals surface area contributed by atoms with Crippen LogP contribution in [0.2, 0.25) is 0 Å². The van der Waals surface area contributed by atoms with Crippen LogP contribution in [0.1, 0.15) is 52.9 Å². The third-order valence-electron chi connectivity index (χ3n) is 2.33. The molecule has 80 valence electrons. The van der Waals surface area contributed by atoms with Gasteiger partial charge in [-0.15, -0.1) is 0 Å². The molecule has 0 heterocycles. The highest BCUT2D eigenvalue weighted by atomic mass is 16.5. The van der Waals surface area contributed by atoms with E-state index in [4.69, 9.17) is 10.5 Å². The Labute approximate surface area is 82.8 Å². The van der Waals surface area contributed by atoms with Gasteiger partial charge in [-0.1, -0.05) is 33.6 Å². The van der Waals surface area contributed by atoms with Crippen molar-refractivity contribution in [3.05, 3.63) is 0 Å². The molecule has 2 atom stereocenters. The van der Waals surface area contributed by atoms with E-state index in [9.17, 15) is 0 Å². The van der Waals surface area contributed by atoms with Crippen molar-refractivity contribution in [2.75, 3.05) is 6.61 Å². The Hall–Kier alpha value is -0.0800. The Kier molecular flexibility index (Phi) is 8.46. The summed E-state index contributed by atoms with van der Waals surface area (Å²) < 4.78 is 5.72. The van der Waals surface area contributed by atoms with Crippen molar-refractivity contribution in [3.63, 3.8) is 0 Å². The molecule has 0 fully saturated rings. The fourth-order valence-corrected chi connectivity index (χ4v) is 1.44. The standard InChI is InChI=1S/C11H25NO/c1-4-7-9-13-11(6-3)10(12)8-5-2/h10-11H,4-9,12H2,1-3H3. The van der Waals surface area contributed by atoms with Crippen molar-refractivity contribution >= 4 is 0 Å². The van der Waals surface area contributed by atoms with Gasteiger partial charge in [0.2, 0.25) is 0 Å².